The van der Waals surface area contributed by atoms with Gasteiger partial charge in [0, 0.05) is 12.1 Å². The van der Waals surface area contributed by atoms with E-state index in [1.165, 1.54) is 5.51 Å². The van der Waals surface area contributed by atoms with Crippen molar-refractivity contribution in [3.63, 3.8) is 0 Å². The lowest BCUT2D eigenvalue weighted by Gasteiger charge is -2.07. The molecular formula is C12H9F3N2O2S. The molecule has 0 atom stereocenters. The Morgan fingerprint density at radius 1 is 1.30 bits per heavy atom. The van der Waals surface area contributed by atoms with Gasteiger partial charge in [0.1, 0.15) is 10.8 Å². The Labute approximate surface area is 116 Å². The number of hydrogen-bond donors (Lipinski definition) is 1. The van der Waals surface area contributed by atoms with Crippen LogP contribution in [0, 0.1) is 17.5 Å². The number of carbonyl (C=O) groups is 1. The summed E-state index contributed by atoms with van der Waals surface area (Å²) in [5.74, 6) is -4.15. The highest BCUT2D eigenvalue weighted by atomic mass is 32.1. The first-order valence-corrected chi connectivity index (χ1v) is 6.43. The Morgan fingerprint density at radius 2 is 2.00 bits per heavy atom. The van der Waals surface area contributed by atoms with Crippen LogP contribution in [0.2, 0.25) is 0 Å². The number of carbonyl (C=O) groups excluding carboxylic acids is 1. The van der Waals surface area contributed by atoms with Crippen molar-refractivity contribution in [2.24, 2.45) is 0 Å². The minimum absolute atomic E-state index is 0.0408. The third-order valence-electron chi connectivity index (χ3n) is 2.29. The van der Waals surface area contributed by atoms with Crippen molar-refractivity contribution in [3.05, 3.63) is 40.8 Å². The molecule has 0 amide bonds. The molecule has 1 N–H and O–H groups in total. The van der Waals surface area contributed by atoms with E-state index in [-0.39, 0.29) is 23.0 Å². The Hall–Kier alpha value is -2.09. The van der Waals surface area contributed by atoms with Crippen molar-refractivity contribution in [1.29, 1.82) is 0 Å². The minimum Gasteiger partial charge on any atom is -0.461 e. The molecule has 8 heteroatoms. The van der Waals surface area contributed by atoms with E-state index in [0.29, 0.717) is 12.1 Å². The molecule has 0 saturated heterocycles. The summed E-state index contributed by atoms with van der Waals surface area (Å²) in [5.41, 5.74) is 1.02. The van der Waals surface area contributed by atoms with E-state index >= 15 is 0 Å². The summed E-state index contributed by atoms with van der Waals surface area (Å²) in [6.45, 7) is 1.79. The molecule has 0 aliphatic rings. The largest absolute Gasteiger partial charge is 0.461 e. The second-order valence-electron chi connectivity index (χ2n) is 3.62. The summed E-state index contributed by atoms with van der Waals surface area (Å²) >= 11 is 1.01. The smallest absolute Gasteiger partial charge is 0.360 e. The van der Waals surface area contributed by atoms with Crippen LogP contribution in [-0.4, -0.2) is 17.6 Å². The fourth-order valence-corrected chi connectivity index (χ4v) is 2.10. The van der Waals surface area contributed by atoms with Gasteiger partial charge >= 0.3 is 5.97 Å². The van der Waals surface area contributed by atoms with Crippen LogP contribution >= 0.6 is 11.3 Å². The molecule has 1 aromatic heterocycles. The third kappa shape index (κ3) is 2.90. The molecule has 0 fully saturated rings. The molecule has 0 aliphatic heterocycles. The summed E-state index contributed by atoms with van der Waals surface area (Å²) in [6.07, 6.45) is 0. The first kappa shape index (κ1) is 14.3. The molecule has 2 aromatic rings. The number of nitrogens with one attached hydrogen (secondary N) is 1. The standard InChI is InChI=1S/C12H9F3N2O2S/c1-2-19-12(18)10-11(20-5-16-10)17-9-4-7(14)6(13)3-8(9)15/h3-5,17H,2H2,1H3. The van der Waals surface area contributed by atoms with Gasteiger partial charge in [-0.2, -0.15) is 0 Å². The molecule has 0 bridgehead atoms. The molecule has 1 aromatic carbocycles. The molecule has 0 saturated carbocycles. The van der Waals surface area contributed by atoms with Gasteiger partial charge in [0.15, 0.2) is 17.3 Å². The number of rotatable bonds is 4. The highest BCUT2D eigenvalue weighted by Gasteiger charge is 2.18. The predicted octanol–water partition coefficient (Wildman–Crippen LogP) is 3.48. The average Bonchev–Trinajstić information content (AvgIpc) is 2.84. The molecular weight excluding hydrogens is 293 g/mol. The van der Waals surface area contributed by atoms with Gasteiger partial charge in [0.25, 0.3) is 0 Å². The van der Waals surface area contributed by atoms with Crippen LogP contribution in [0.3, 0.4) is 0 Å². The van der Waals surface area contributed by atoms with E-state index in [1.54, 1.807) is 6.92 Å². The number of esters is 1. The zero-order valence-electron chi connectivity index (χ0n) is 10.2. The van der Waals surface area contributed by atoms with Gasteiger partial charge in [0.2, 0.25) is 0 Å². The topological polar surface area (TPSA) is 51.2 Å². The Bertz CT molecular complexity index is 646. The van der Waals surface area contributed by atoms with Crippen LogP contribution in [0.5, 0.6) is 0 Å². The van der Waals surface area contributed by atoms with Gasteiger partial charge in [-0.25, -0.2) is 22.9 Å². The van der Waals surface area contributed by atoms with E-state index in [2.05, 4.69) is 10.3 Å². The van der Waals surface area contributed by atoms with Gasteiger partial charge in [-0.3, -0.25) is 0 Å². The van der Waals surface area contributed by atoms with Crippen molar-refractivity contribution in [3.8, 4) is 0 Å². The van der Waals surface area contributed by atoms with Crippen LogP contribution in [0.15, 0.2) is 17.6 Å². The van der Waals surface area contributed by atoms with Gasteiger partial charge in [-0.15, -0.1) is 11.3 Å². The minimum atomic E-state index is -1.29. The normalized spacial score (nSPS) is 10.4. The van der Waals surface area contributed by atoms with Crippen molar-refractivity contribution >= 4 is 28.0 Å². The molecule has 0 radical (unpaired) electrons. The van der Waals surface area contributed by atoms with Gasteiger partial charge in [-0.1, -0.05) is 0 Å². The predicted molar refractivity (Wildman–Crippen MR) is 67.7 cm³/mol. The monoisotopic (exact) mass is 302 g/mol. The van der Waals surface area contributed by atoms with E-state index in [9.17, 15) is 18.0 Å². The summed E-state index contributed by atoms with van der Waals surface area (Å²) in [4.78, 5) is 15.4. The highest BCUT2D eigenvalue weighted by molar-refractivity contribution is 7.14. The fraction of sp³-hybridized carbons (Fsp3) is 0.167. The second-order valence-corrected chi connectivity index (χ2v) is 4.48. The fourth-order valence-electron chi connectivity index (χ4n) is 1.42. The van der Waals surface area contributed by atoms with Crippen molar-refractivity contribution in [1.82, 2.24) is 4.98 Å². The van der Waals surface area contributed by atoms with Crippen molar-refractivity contribution in [2.45, 2.75) is 6.92 Å². The molecule has 4 nitrogen and oxygen atoms in total. The van der Waals surface area contributed by atoms with Crippen molar-refractivity contribution < 1.29 is 22.7 Å². The molecule has 0 spiro atoms. The maximum absolute atomic E-state index is 13.5. The zero-order valence-corrected chi connectivity index (χ0v) is 11.1. The van der Waals surface area contributed by atoms with E-state index in [0.717, 1.165) is 11.3 Å². The summed E-state index contributed by atoms with van der Waals surface area (Å²) in [5, 5.41) is 2.69. The number of ether oxygens (including phenoxy) is 1. The van der Waals surface area contributed by atoms with Crippen LogP contribution < -0.4 is 5.32 Å². The van der Waals surface area contributed by atoms with E-state index in [4.69, 9.17) is 4.74 Å². The first-order valence-electron chi connectivity index (χ1n) is 5.55. The lowest BCUT2D eigenvalue weighted by molar-refractivity contribution is 0.0521. The second kappa shape index (κ2) is 5.91. The van der Waals surface area contributed by atoms with Crippen LogP contribution in [-0.2, 0) is 4.74 Å². The van der Waals surface area contributed by atoms with Crippen LogP contribution in [0.25, 0.3) is 0 Å². The molecule has 2 rings (SSSR count). The Balaban J connectivity index is 2.29. The molecule has 0 unspecified atom stereocenters. The molecule has 1 heterocycles. The zero-order chi connectivity index (χ0) is 14.7. The number of benzene rings is 1. The number of aromatic nitrogens is 1. The van der Waals surface area contributed by atoms with Crippen LogP contribution in [0.1, 0.15) is 17.4 Å². The maximum atomic E-state index is 13.5. The van der Waals surface area contributed by atoms with Gasteiger partial charge in [-0.05, 0) is 6.92 Å². The lowest BCUT2D eigenvalue weighted by Crippen LogP contribution is -2.08. The number of nitrogens with zero attached hydrogens (tertiary/aromatic N) is 1. The molecule has 106 valence electrons. The summed E-state index contributed by atoms with van der Waals surface area (Å²) in [6, 6.07) is 1.09. The van der Waals surface area contributed by atoms with Gasteiger partial charge < -0.3 is 10.1 Å². The van der Waals surface area contributed by atoms with Gasteiger partial charge in [0.05, 0.1) is 17.8 Å². The quantitative estimate of drug-likeness (QED) is 0.694. The Morgan fingerprint density at radius 3 is 2.70 bits per heavy atom. The number of anilines is 2. The lowest BCUT2D eigenvalue weighted by atomic mass is 10.3. The molecule has 0 aliphatic carbocycles. The summed E-state index contributed by atoms with van der Waals surface area (Å²) in [7, 11) is 0. The first-order chi connectivity index (χ1) is 9.52. The van der Waals surface area contributed by atoms with E-state index in [1.807, 2.05) is 0 Å². The highest BCUT2D eigenvalue weighted by Crippen LogP contribution is 2.28. The molecule has 20 heavy (non-hydrogen) atoms. The number of thiazole rings is 1. The SMILES string of the molecule is CCOC(=O)c1ncsc1Nc1cc(F)c(F)cc1F. The number of halogens is 3. The average molecular weight is 302 g/mol. The number of hydrogen-bond acceptors (Lipinski definition) is 5. The van der Waals surface area contributed by atoms with Crippen LogP contribution in [0.4, 0.5) is 23.9 Å². The Kier molecular flexibility index (Phi) is 4.23. The van der Waals surface area contributed by atoms with Crippen molar-refractivity contribution in [2.75, 3.05) is 11.9 Å². The van der Waals surface area contributed by atoms with E-state index < -0.39 is 23.4 Å². The summed E-state index contributed by atoms with van der Waals surface area (Å²) < 4.78 is 44.2. The maximum Gasteiger partial charge on any atom is 0.360 e. The third-order valence-corrected chi connectivity index (χ3v) is 3.04.